The molecule has 2 aliphatic rings. The Hall–Kier alpha value is -1.59. The summed E-state index contributed by atoms with van der Waals surface area (Å²) in [6.07, 6.45) is 5.14. The van der Waals surface area contributed by atoms with E-state index in [1.807, 2.05) is 12.1 Å². The number of carbonyl (C=O) groups excluding carboxylic acids is 1. The highest BCUT2D eigenvalue weighted by Crippen LogP contribution is 2.41. The maximum atomic E-state index is 12.6. The van der Waals surface area contributed by atoms with Gasteiger partial charge in [0.1, 0.15) is 5.75 Å². The van der Waals surface area contributed by atoms with Crippen molar-refractivity contribution in [2.75, 3.05) is 33.4 Å². The van der Waals surface area contributed by atoms with E-state index < -0.39 is 0 Å². The molecule has 0 aromatic heterocycles. The van der Waals surface area contributed by atoms with Gasteiger partial charge in [-0.25, -0.2) is 0 Å². The largest absolute Gasteiger partial charge is 0.497 e. The molecule has 150 valence electrons. The molecule has 1 N–H and O–H groups in total. The van der Waals surface area contributed by atoms with Gasteiger partial charge in [0, 0.05) is 31.1 Å². The van der Waals surface area contributed by atoms with Gasteiger partial charge in [-0.05, 0) is 44.4 Å². The first-order valence-electron chi connectivity index (χ1n) is 10.3. The molecule has 5 nitrogen and oxygen atoms in total. The molecule has 0 unspecified atom stereocenters. The summed E-state index contributed by atoms with van der Waals surface area (Å²) in [4.78, 5) is 15.0. The molecule has 0 radical (unpaired) electrons. The van der Waals surface area contributed by atoms with E-state index in [0.29, 0.717) is 25.6 Å². The molecule has 1 saturated heterocycles. The minimum atomic E-state index is 0.00154. The van der Waals surface area contributed by atoms with Gasteiger partial charge >= 0.3 is 0 Å². The number of nitrogens with one attached hydrogen (secondary N) is 1. The van der Waals surface area contributed by atoms with Gasteiger partial charge in [0.15, 0.2) is 0 Å². The lowest BCUT2D eigenvalue weighted by atomic mass is 9.78. The van der Waals surface area contributed by atoms with Crippen molar-refractivity contribution >= 4 is 5.91 Å². The third-order valence-electron chi connectivity index (χ3n) is 6.20. The van der Waals surface area contributed by atoms with Crippen molar-refractivity contribution in [3.63, 3.8) is 0 Å². The van der Waals surface area contributed by atoms with Crippen LogP contribution in [0.2, 0.25) is 0 Å². The molecule has 1 amide bonds. The lowest BCUT2D eigenvalue weighted by molar-refractivity contribution is -0.126. The molecule has 1 atom stereocenters. The van der Waals surface area contributed by atoms with E-state index in [1.54, 1.807) is 7.11 Å². The monoisotopic (exact) mass is 374 g/mol. The predicted molar refractivity (Wildman–Crippen MR) is 107 cm³/mol. The van der Waals surface area contributed by atoms with Crippen LogP contribution in [0, 0.1) is 0 Å². The van der Waals surface area contributed by atoms with Crippen molar-refractivity contribution in [3.05, 3.63) is 29.8 Å². The Morgan fingerprint density at radius 3 is 2.63 bits per heavy atom. The summed E-state index contributed by atoms with van der Waals surface area (Å²) in [6, 6.07) is 8.85. The molecule has 1 saturated carbocycles. The van der Waals surface area contributed by atoms with Gasteiger partial charge in [0.05, 0.1) is 26.2 Å². The summed E-state index contributed by atoms with van der Waals surface area (Å²) in [5, 5.41) is 3.22. The standard InChI is InChI=1S/C22H34N2O3/c1-17(2)24-12-13-27-20(15-24)14-21(25)23-16-22(10-4-5-11-22)18-6-8-19(26-3)9-7-18/h6-9,17,20H,4-5,10-16H2,1-3H3,(H,23,25)/t20-/m1/s1. The second-order valence-corrected chi connectivity index (χ2v) is 8.28. The highest BCUT2D eigenvalue weighted by atomic mass is 16.5. The van der Waals surface area contributed by atoms with Gasteiger partial charge in [0.25, 0.3) is 0 Å². The van der Waals surface area contributed by atoms with Crippen molar-refractivity contribution in [3.8, 4) is 5.75 Å². The van der Waals surface area contributed by atoms with Crippen LogP contribution in [0.25, 0.3) is 0 Å². The Morgan fingerprint density at radius 1 is 1.30 bits per heavy atom. The van der Waals surface area contributed by atoms with Crippen LogP contribution in [0.15, 0.2) is 24.3 Å². The average molecular weight is 375 g/mol. The number of nitrogens with zero attached hydrogens (tertiary/aromatic N) is 1. The smallest absolute Gasteiger partial charge is 0.222 e. The van der Waals surface area contributed by atoms with Crippen LogP contribution >= 0.6 is 0 Å². The highest BCUT2D eigenvalue weighted by Gasteiger charge is 2.36. The van der Waals surface area contributed by atoms with Crippen molar-refractivity contribution in [1.29, 1.82) is 0 Å². The molecule has 1 heterocycles. The molecule has 3 rings (SSSR count). The number of rotatable bonds is 7. The summed E-state index contributed by atoms with van der Waals surface area (Å²) in [5.41, 5.74) is 1.36. The van der Waals surface area contributed by atoms with E-state index in [2.05, 4.69) is 36.2 Å². The normalized spacial score (nSPS) is 22.7. The summed E-state index contributed by atoms with van der Waals surface area (Å²) in [7, 11) is 1.69. The Bertz CT molecular complexity index is 608. The van der Waals surface area contributed by atoms with Gasteiger partial charge in [-0.2, -0.15) is 0 Å². The van der Waals surface area contributed by atoms with E-state index in [0.717, 1.165) is 31.7 Å². The van der Waals surface area contributed by atoms with Gasteiger partial charge in [-0.3, -0.25) is 9.69 Å². The number of hydrogen-bond acceptors (Lipinski definition) is 4. The van der Waals surface area contributed by atoms with E-state index in [-0.39, 0.29) is 17.4 Å². The maximum absolute atomic E-state index is 12.6. The Balaban J connectivity index is 1.56. The van der Waals surface area contributed by atoms with Gasteiger partial charge in [-0.15, -0.1) is 0 Å². The van der Waals surface area contributed by atoms with Gasteiger partial charge in [0.2, 0.25) is 5.91 Å². The number of morpholine rings is 1. The number of methoxy groups -OCH3 is 1. The quantitative estimate of drug-likeness (QED) is 0.797. The number of carbonyl (C=O) groups is 1. The van der Waals surface area contributed by atoms with Crippen LogP contribution in [-0.2, 0) is 14.9 Å². The summed E-state index contributed by atoms with van der Waals surface area (Å²) in [5.74, 6) is 0.977. The van der Waals surface area contributed by atoms with Crippen molar-refractivity contribution in [1.82, 2.24) is 10.2 Å². The van der Waals surface area contributed by atoms with E-state index in [4.69, 9.17) is 9.47 Å². The third kappa shape index (κ3) is 5.02. The van der Waals surface area contributed by atoms with Crippen LogP contribution in [0.1, 0.15) is 51.5 Å². The molecular formula is C22H34N2O3. The molecule has 5 heteroatoms. The zero-order chi connectivity index (χ0) is 19.3. The van der Waals surface area contributed by atoms with Crippen LogP contribution in [0.5, 0.6) is 5.75 Å². The zero-order valence-corrected chi connectivity index (χ0v) is 17.0. The van der Waals surface area contributed by atoms with Crippen molar-refractivity contribution in [2.45, 2.75) is 63.5 Å². The first-order chi connectivity index (χ1) is 13.0. The number of amides is 1. The second-order valence-electron chi connectivity index (χ2n) is 8.28. The van der Waals surface area contributed by atoms with Crippen LogP contribution in [0.3, 0.4) is 0 Å². The maximum Gasteiger partial charge on any atom is 0.222 e. The minimum Gasteiger partial charge on any atom is -0.497 e. The van der Waals surface area contributed by atoms with Crippen molar-refractivity contribution in [2.24, 2.45) is 0 Å². The fourth-order valence-electron chi connectivity index (χ4n) is 4.45. The van der Waals surface area contributed by atoms with E-state index >= 15 is 0 Å². The molecule has 0 spiro atoms. The summed E-state index contributed by atoms with van der Waals surface area (Å²) in [6.45, 7) is 7.61. The number of hydrogen-bond donors (Lipinski definition) is 1. The van der Waals surface area contributed by atoms with Crippen molar-refractivity contribution < 1.29 is 14.3 Å². The summed E-state index contributed by atoms with van der Waals surface area (Å²) < 4.78 is 11.1. The third-order valence-corrected chi connectivity index (χ3v) is 6.20. The predicted octanol–water partition coefficient (Wildman–Crippen LogP) is 3.12. The fraction of sp³-hybridized carbons (Fsp3) is 0.682. The lowest BCUT2D eigenvalue weighted by Crippen LogP contribution is -2.48. The number of benzene rings is 1. The zero-order valence-electron chi connectivity index (χ0n) is 17.0. The topological polar surface area (TPSA) is 50.8 Å². The first-order valence-corrected chi connectivity index (χ1v) is 10.3. The average Bonchev–Trinajstić information content (AvgIpc) is 3.17. The number of ether oxygens (including phenoxy) is 2. The van der Waals surface area contributed by atoms with E-state index in [9.17, 15) is 4.79 Å². The lowest BCUT2D eigenvalue weighted by Gasteiger charge is -2.35. The molecule has 1 aromatic rings. The molecule has 1 aliphatic heterocycles. The molecular weight excluding hydrogens is 340 g/mol. The fourth-order valence-corrected chi connectivity index (χ4v) is 4.45. The molecule has 1 aromatic carbocycles. The molecule has 27 heavy (non-hydrogen) atoms. The first kappa shape index (κ1) is 20.2. The Kier molecular flexibility index (Phi) is 6.77. The minimum absolute atomic E-state index is 0.00154. The molecule has 2 fully saturated rings. The molecule has 0 bridgehead atoms. The Labute approximate surface area is 163 Å². The highest BCUT2D eigenvalue weighted by molar-refractivity contribution is 5.76. The van der Waals surface area contributed by atoms with E-state index in [1.165, 1.54) is 18.4 Å². The summed E-state index contributed by atoms with van der Waals surface area (Å²) >= 11 is 0. The van der Waals surface area contributed by atoms with Gasteiger partial charge < -0.3 is 14.8 Å². The van der Waals surface area contributed by atoms with Crippen LogP contribution < -0.4 is 10.1 Å². The van der Waals surface area contributed by atoms with Gasteiger partial charge in [-0.1, -0.05) is 25.0 Å². The van der Waals surface area contributed by atoms with Crippen LogP contribution in [0.4, 0.5) is 0 Å². The Morgan fingerprint density at radius 2 is 2.00 bits per heavy atom. The molecule has 1 aliphatic carbocycles. The second kappa shape index (κ2) is 9.07. The van der Waals surface area contributed by atoms with Crippen LogP contribution in [-0.4, -0.2) is 56.3 Å². The SMILES string of the molecule is COc1ccc(C2(CNC(=O)C[C@@H]3CN(C(C)C)CCO3)CCCC2)cc1.